The molecule has 1 heterocycles. The van der Waals surface area contributed by atoms with Crippen LogP contribution in [0.1, 0.15) is 15.2 Å². The number of thiophene rings is 1. The topological polar surface area (TPSA) is 72.3 Å². The molecule has 0 aliphatic carbocycles. The van der Waals surface area contributed by atoms with Gasteiger partial charge in [-0.05, 0) is 34.1 Å². The van der Waals surface area contributed by atoms with Gasteiger partial charge in [-0.25, -0.2) is 4.39 Å². The zero-order chi connectivity index (χ0) is 14.9. The van der Waals surface area contributed by atoms with E-state index in [1.54, 1.807) is 23.3 Å². The summed E-state index contributed by atoms with van der Waals surface area (Å²) in [6.07, 6.45) is 0. The number of nitrogens with zero attached hydrogens (tertiary/aromatic N) is 1. The molecular formula is C13H13BrFN3OS. The van der Waals surface area contributed by atoms with Gasteiger partial charge in [0.25, 0.3) is 5.91 Å². The maximum atomic E-state index is 14.0. The molecule has 0 aliphatic heterocycles. The Morgan fingerprint density at radius 1 is 1.45 bits per heavy atom. The molecule has 0 aliphatic rings. The summed E-state index contributed by atoms with van der Waals surface area (Å²) in [5.41, 5.74) is 11.3. The van der Waals surface area contributed by atoms with E-state index in [-0.39, 0.29) is 16.9 Å². The van der Waals surface area contributed by atoms with Crippen LogP contribution in [-0.4, -0.2) is 13.0 Å². The molecule has 4 nitrogen and oxygen atoms in total. The first kappa shape index (κ1) is 14.8. The molecular weight excluding hydrogens is 345 g/mol. The Hall–Kier alpha value is -1.60. The van der Waals surface area contributed by atoms with Crippen LogP contribution >= 0.6 is 27.3 Å². The third-order valence-electron chi connectivity index (χ3n) is 2.81. The van der Waals surface area contributed by atoms with E-state index in [0.717, 1.165) is 15.4 Å². The Bertz CT molecular complexity index is 659. The lowest BCUT2D eigenvalue weighted by Crippen LogP contribution is -2.20. The third-order valence-corrected chi connectivity index (χ3v) is 4.49. The number of primary amides is 1. The molecule has 0 spiro atoms. The summed E-state index contributed by atoms with van der Waals surface area (Å²) < 4.78 is 15.0. The Kier molecular flexibility index (Phi) is 4.29. The number of halogens is 2. The second-order valence-electron chi connectivity index (χ2n) is 4.34. The molecule has 1 aromatic carbocycles. The molecule has 0 radical (unpaired) electrons. The molecule has 0 bridgehead atoms. The van der Waals surface area contributed by atoms with Gasteiger partial charge in [0, 0.05) is 27.5 Å². The summed E-state index contributed by atoms with van der Waals surface area (Å²) in [5.74, 6) is -1.15. The van der Waals surface area contributed by atoms with E-state index in [2.05, 4.69) is 15.9 Å². The van der Waals surface area contributed by atoms with Gasteiger partial charge >= 0.3 is 0 Å². The lowest BCUT2D eigenvalue weighted by molar-refractivity contribution is 0.100. The van der Waals surface area contributed by atoms with E-state index in [1.807, 2.05) is 11.4 Å². The number of carbonyl (C=O) groups excluding carboxylic acids is 1. The highest BCUT2D eigenvalue weighted by molar-refractivity contribution is 9.10. The van der Waals surface area contributed by atoms with E-state index in [9.17, 15) is 9.18 Å². The van der Waals surface area contributed by atoms with Crippen LogP contribution in [0.2, 0.25) is 0 Å². The zero-order valence-electron chi connectivity index (χ0n) is 10.7. The molecule has 0 fully saturated rings. The fourth-order valence-electron chi connectivity index (χ4n) is 1.84. The summed E-state index contributed by atoms with van der Waals surface area (Å²) in [7, 11) is 1.74. The highest BCUT2D eigenvalue weighted by atomic mass is 79.9. The molecule has 106 valence electrons. The summed E-state index contributed by atoms with van der Waals surface area (Å²) in [4.78, 5) is 14.0. The van der Waals surface area contributed by atoms with Crippen LogP contribution in [-0.2, 0) is 6.54 Å². The second kappa shape index (κ2) is 5.80. The highest BCUT2D eigenvalue weighted by Gasteiger charge is 2.15. The van der Waals surface area contributed by atoms with E-state index < -0.39 is 11.7 Å². The largest absolute Gasteiger partial charge is 0.398 e. The van der Waals surface area contributed by atoms with Crippen LogP contribution in [0.4, 0.5) is 15.8 Å². The van der Waals surface area contributed by atoms with Gasteiger partial charge in [-0.2, -0.15) is 0 Å². The molecule has 0 atom stereocenters. The molecule has 20 heavy (non-hydrogen) atoms. The Labute approximate surface area is 128 Å². The Balaban J connectivity index is 2.31. The summed E-state index contributed by atoms with van der Waals surface area (Å²) >= 11 is 4.94. The Morgan fingerprint density at radius 2 is 2.15 bits per heavy atom. The standard InChI is InChI=1S/C13H13BrFN3OS/c1-18(5-8-2-7(14)6-20-8)12-3-9(13(17)19)11(16)4-10(12)15/h2-4,6H,5,16H2,1H3,(H2,17,19). The quantitative estimate of drug-likeness (QED) is 0.826. The fourth-order valence-corrected chi connectivity index (χ4v) is 3.34. The molecule has 0 unspecified atom stereocenters. The van der Waals surface area contributed by atoms with Crippen molar-refractivity contribution < 1.29 is 9.18 Å². The number of hydrogen-bond acceptors (Lipinski definition) is 4. The van der Waals surface area contributed by atoms with Crippen molar-refractivity contribution >= 4 is 44.5 Å². The molecule has 0 saturated carbocycles. The van der Waals surface area contributed by atoms with Crippen LogP contribution in [0.15, 0.2) is 28.1 Å². The number of anilines is 2. The van der Waals surface area contributed by atoms with Gasteiger partial charge in [-0.1, -0.05) is 0 Å². The van der Waals surface area contributed by atoms with Gasteiger partial charge in [0.2, 0.25) is 0 Å². The lowest BCUT2D eigenvalue weighted by atomic mass is 10.1. The molecule has 1 aromatic heterocycles. The van der Waals surface area contributed by atoms with Gasteiger partial charge in [0.1, 0.15) is 5.82 Å². The first-order valence-corrected chi connectivity index (χ1v) is 7.38. The van der Waals surface area contributed by atoms with Crippen LogP contribution in [0, 0.1) is 5.82 Å². The van der Waals surface area contributed by atoms with Crippen molar-refractivity contribution in [1.82, 2.24) is 0 Å². The minimum Gasteiger partial charge on any atom is -0.398 e. The molecule has 4 N–H and O–H groups in total. The van der Waals surface area contributed by atoms with Crippen molar-refractivity contribution in [3.8, 4) is 0 Å². The maximum absolute atomic E-state index is 14.0. The van der Waals surface area contributed by atoms with Crippen LogP contribution in [0.25, 0.3) is 0 Å². The van der Waals surface area contributed by atoms with E-state index in [0.29, 0.717) is 6.54 Å². The minimum atomic E-state index is -0.670. The van der Waals surface area contributed by atoms with Gasteiger partial charge in [0.05, 0.1) is 17.8 Å². The van der Waals surface area contributed by atoms with E-state index in [1.165, 1.54) is 6.07 Å². The molecule has 7 heteroatoms. The van der Waals surface area contributed by atoms with E-state index >= 15 is 0 Å². The number of carbonyl (C=O) groups is 1. The minimum absolute atomic E-state index is 0.0472. The zero-order valence-corrected chi connectivity index (χ0v) is 13.1. The van der Waals surface area contributed by atoms with Crippen molar-refractivity contribution in [3.63, 3.8) is 0 Å². The number of rotatable bonds is 4. The maximum Gasteiger partial charge on any atom is 0.250 e. The third kappa shape index (κ3) is 3.10. The van der Waals surface area contributed by atoms with Crippen molar-refractivity contribution in [2.75, 3.05) is 17.7 Å². The van der Waals surface area contributed by atoms with Crippen LogP contribution in [0.3, 0.4) is 0 Å². The average Bonchev–Trinajstić information content (AvgIpc) is 2.74. The first-order valence-electron chi connectivity index (χ1n) is 5.71. The second-order valence-corrected chi connectivity index (χ2v) is 6.25. The predicted octanol–water partition coefficient (Wildman–Crippen LogP) is 2.97. The van der Waals surface area contributed by atoms with Crippen molar-refractivity contribution in [1.29, 1.82) is 0 Å². The lowest BCUT2D eigenvalue weighted by Gasteiger charge is -2.20. The first-order chi connectivity index (χ1) is 9.38. The van der Waals surface area contributed by atoms with Gasteiger partial charge < -0.3 is 16.4 Å². The normalized spacial score (nSPS) is 10.6. The summed E-state index contributed by atoms with van der Waals surface area (Å²) in [5, 5.41) is 1.96. The smallest absolute Gasteiger partial charge is 0.250 e. The SMILES string of the molecule is CN(Cc1cc(Br)cs1)c1cc(C(N)=O)c(N)cc1F. The van der Waals surface area contributed by atoms with Crippen molar-refractivity contribution in [3.05, 3.63) is 44.3 Å². The summed E-state index contributed by atoms with van der Waals surface area (Å²) in [6.45, 7) is 0.523. The van der Waals surface area contributed by atoms with Gasteiger partial charge in [-0.3, -0.25) is 4.79 Å². The van der Waals surface area contributed by atoms with Crippen LogP contribution in [0.5, 0.6) is 0 Å². The number of benzene rings is 1. The number of nitrogens with two attached hydrogens (primary N) is 2. The summed E-state index contributed by atoms with van der Waals surface area (Å²) in [6, 6.07) is 4.47. The van der Waals surface area contributed by atoms with E-state index in [4.69, 9.17) is 11.5 Å². The van der Waals surface area contributed by atoms with Gasteiger partial charge in [-0.15, -0.1) is 11.3 Å². The van der Waals surface area contributed by atoms with Gasteiger partial charge in [0.15, 0.2) is 0 Å². The number of amides is 1. The van der Waals surface area contributed by atoms with Crippen molar-refractivity contribution in [2.24, 2.45) is 5.73 Å². The molecule has 1 amide bonds. The fraction of sp³-hybridized carbons (Fsp3) is 0.154. The number of nitrogen functional groups attached to an aromatic ring is 1. The monoisotopic (exact) mass is 357 g/mol. The number of hydrogen-bond donors (Lipinski definition) is 2. The molecule has 0 saturated heterocycles. The molecule has 2 rings (SSSR count). The predicted molar refractivity (Wildman–Crippen MR) is 83.5 cm³/mol. The Morgan fingerprint density at radius 3 is 2.70 bits per heavy atom. The van der Waals surface area contributed by atoms with Crippen LogP contribution < -0.4 is 16.4 Å². The average molecular weight is 358 g/mol. The highest BCUT2D eigenvalue weighted by Crippen LogP contribution is 2.27. The van der Waals surface area contributed by atoms with Crippen molar-refractivity contribution in [2.45, 2.75) is 6.54 Å². The molecule has 2 aromatic rings.